The maximum absolute atomic E-state index is 12.1. The summed E-state index contributed by atoms with van der Waals surface area (Å²) in [7, 11) is 1.67. The molecule has 1 saturated heterocycles. The van der Waals surface area contributed by atoms with Gasteiger partial charge in [0.1, 0.15) is 11.3 Å². The van der Waals surface area contributed by atoms with Gasteiger partial charge in [-0.1, -0.05) is 0 Å². The summed E-state index contributed by atoms with van der Waals surface area (Å²) in [6.45, 7) is 5.17. The fourth-order valence-corrected chi connectivity index (χ4v) is 2.17. The third kappa shape index (κ3) is 3.61. The zero-order valence-electron chi connectivity index (χ0n) is 13.6. The number of nitrogens with zero attached hydrogens (tertiary/aromatic N) is 3. The van der Waals surface area contributed by atoms with Gasteiger partial charge in [0.2, 0.25) is 5.91 Å². The molecule has 2 heterocycles. The summed E-state index contributed by atoms with van der Waals surface area (Å²) in [5.41, 5.74) is 3.63. The Labute approximate surface area is 133 Å². The second-order valence-corrected chi connectivity index (χ2v) is 6.61. The number of ether oxygens (including phenoxy) is 1. The van der Waals surface area contributed by atoms with Gasteiger partial charge >= 0.3 is 6.09 Å². The van der Waals surface area contributed by atoms with Crippen LogP contribution < -0.4 is 11.1 Å². The largest absolute Gasteiger partial charge is 0.444 e. The van der Waals surface area contributed by atoms with E-state index < -0.39 is 29.0 Å². The highest BCUT2D eigenvalue weighted by atomic mass is 16.6. The molecular weight excluding hydrogens is 302 g/mol. The third-order valence-corrected chi connectivity index (χ3v) is 3.34. The van der Waals surface area contributed by atoms with Gasteiger partial charge in [-0.3, -0.25) is 14.3 Å². The Morgan fingerprint density at radius 3 is 2.39 bits per heavy atom. The summed E-state index contributed by atoms with van der Waals surface area (Å²) < 4.78 is 6.69. The monoisotopic (exact) mass is 323 g/mol. The van der Waals surface area contributed by atoms with E-state index in [1.54, 1.807) is 34.0 Å². The van der Waals surface area contributed by atoms with E-state index in [1.165, 1.54) is 15.6 Å². The summed E-state index contributed by atoms with van der Waals surface area (Å²) >= 11 is 0. The summed E-state index contributed by atoms with van der Waals surface area (Å²) in [6.07, 6.45) is 1.06. The van der Waals surface area contributed by atoms with Crippen LogP contribution in [0.3, 0.4) is 0 Å². The number of hydrogen-bond donors (Lipinski definition) is 2. The highest BCUT2D eigenvalue weighted by Crippen LogP contribution is 2.24. The predicted molar refractivity (Wildman–Crippen MR) is 80.4 cm³/mol. The zero-order valence-corrected chi connectivity index (χ0v) is 13.6. The van der Waals surface area contributed by atoms with Crippen LogP contribution in [0.15, 0.2) is 12.3 Å². The van der Waals surface area contributed by atoms with Gasteiger partial charge in [-0.15, -0.1) is 0 Å². The lowest BCUT2D eigenvalue weighted by Gasteiger charge is -2.47. The van der Waals surface area contributed by atoms with Crippen LogP contribution in [-0.2, 0) is 16.6 Å². The Hall–Kier alpha value is -2.58. The van der Waals surface area contributed by atoms with Gasteiger partial charge in [0.15, 0.2) is 5.54 Å². The lowest BCUT2D eigenvalue weighted by atomic mass is 9.89. The van der Waals surface area contributed by atoms with Crippen molar-refractivity contribution in [3.05, 3.63) is 18.0 Å². The molecule has 0 saturated carbocycles. The first-order chi connectivity index (χ1) is 10.5. The van der Waals surface area contributed by atoms with Crippen molar-refractivity contribution in [2.45, 2.75) is 31.9 Å². The van der Waals surface area contributed by atoms with E-state index >= 15 is 0 Å². The van der Waals surface area contributed by atoms with Gasteiger partial charge in [-0.2, -0.15) is 5.10 Å². The fourth-order valence-electron chi connectivity index (χ4n) is 2.17. The molecule has 0 bridgehead atoms. The van der Waals surface area contributed by atoms with Crippen LogP contribution in [0.25, 0.3) is 0 Å². The standard InChI is InChI=1S/C14H21N5O4/c1-13(2,3)23-12(22)19-7-14(8-19,11(15)21)16-10(20)9-5-6-18(4)17-9/h5-6H,7-8H2,1-4H3,(H2,15,21)(H,16,20). The van der Waals surface area contributed by atoms with Crippen LogP contribution in [0, 0.1) is 0 Å². The molecule has 2 rings (SSSR count). The van der Waals surface area contributed by atoms with Crippen LogP contribution in [-0.4, -0.2) is 56.8 Å². The van der Waals surface area contributed by atoms with Gasteiger partial charge in [0.25, 0.3) is 5.91 Å². The van der Waals surface area contributed by atoms with Crippen molar-refractivity contribution in [1.82, 2.24) is 20.0 Å². The lowest BCUT2D eigenvalue weighted by molar-refractivity contribution is -0.130. The van der Waals surface area contributed by atoms with E-state index in [-0.39, 0.29) is 18.8 Å². The van der Waals surface area contributed by atoms with Gasteiger partial charge in [0, 0.05) is 13.2 Å². The number of likely N-dealkylation sites (tertiary alicyclic amines) is 1. The number of amides is 3. The molecule has 1 aliphatic heterocycles. The second-order valence-electron chi connectivity index (χ2n) is 6.61. The minimum Gasteiger partial charge on any atom is -0.444 e. The highest BCUT2D eigenvalue weighted by Gasteiger charge is 2.52. The molecule has 0 spiro atoms. The SMILES string of the molecule is Cn1ccc(C(=O)NC2(C(N)=O)CN(C(=O)OC(C)(C)C)C2)n1. The van der Waals surface area contributed by atoms with Crippen LogP contribution in [0.4, 0.5) is 4.79 Å². The van der Waals surface area contributed by atoms with Gasteiger partial charge in [-0.05, 0) is 26.8 Å². The van der Waals surface area contributed by atoms with Crippen molar-refractivity contribution < 1.29 is 19.1 Å². The van der Waals surface area contributed by atoms with Crippen molar-refractivity contribution in [2.24, 2.45) is 12.8 Å². The molecule has 3 amide bonds. The summed E-state index contributed by atoms with van der Waals surface area (Å²) in [5, 5.41) is 6.53. The number of nitrogens with two attached hydrogens (primary N) is 1. The number of aromatic nitrogens is 2. The molecule has 126 valence electrons. The molecular formula is C14H21N5O4. The van der Waals surface area contributed by atoms with Crippen molar-refractivity contribution >= 4 is 17.9 Å². The van der Waals surface area contributed by atoms with Gasteiger partial charge < -0.3 is 20.7 Å². The van der Waals surface area contributed by atoms with Crippen molar-refractivity contribution in [3.63, 3.8) is 0 Å². The number of carbonyl (C=O) groups is 3. The van der Waals surface area contributed by atoms with E-state index in [0.717, 1.165) is 0 Å². The topological polar surface area (TPSA) is 120 Å². The molecule has 1 aromatic rings. The molecule has 9 heteroatoms. The van der Waals surface area contributed by atoms with E-state index in [1.807, 2.05) is 0 Å². The van der Waals surface area contributed by atoms with Crippen LogP contribution >= 0.6 is 0 Å². The minimum atomic E-state index is -1.30. The molecule has 23 heavy (non-hydrogen) atoms. The molecule has 0 aliphatic carbocycles. The zero-order chi connectivity index (χ0) is 17.4. The van der Waals surface area contributed by atoms with Crippen molar-refractivity contribution in [2.75, 3.05) is 13.1 Å². The first kappa shape index (κ1) is 16.8. The average Bonchev–Trinajstić information content (AvgIpc) is 2.77. The smallest absolute Gasteiger partial charge is 0.410 e. The number of hydrogen-bond acceptors (Lipinski definition) is 5. The maximum atomic E-state index is 12.1. The Kier molecular flexibility index (Phi) is 4.06. The Morgan fingerprint density at radius 2 is 1.96 bits per heavy atom. The molecule has 0 aromatic carbocycles. The number of carbonyl (C=O) groups excluding carboxylic acids is 3. The van der Waals surface area contributed by atoms with Crippen LogP contribution in [0.1, 0.15) is 31.3 Å². The van der Waals surface area contributed by atoms with Crippen LogP contribution in [0.5, 0.6) is 0 Å². The molecule has 1 aromatic heterocycles. The van der Waals surface area contributed by atoms with Crippen LogP contribution in [0.2, 0.25) is 0 Å². The summed E-state index contributed by atoms with van der Waals surface area (Å²) in [6, 6.07) is 1.52. The number of primary amides is 1. The molecule has 3 N–H and O–H groups in total. The van der Waals surface area contributed by atoms with Gasteiger partial charge in [-0.25, -0.2) is 4.79 Å². The lowest BCUT2D eigenvalue weighted by Crippen LogP contribution is -2.76. The molecule has 0 radical (unpaired) electrons. The molecule has 1 fully saturated rings. The first-order valence-electron chi connectivity index (χ1n) is 7.12. The number of rotatable bonds is 3. The van der Waals surface area contributed by atoms with E-state index in [2.05, 4.69) is 10.4 Å². The van der Waals surface area contributed by atoms with E-state index in [4.69, 9.17) is 10.5 Å². The summed E-state index contributed by atoms with van der Waals surface area (Å²) in [4.78, 5) is 37.1. The normalized spacial score (nSPS) is 16.4. The minimum absolute atomic E-state index is 0.0319. The maximum Gasteiger partial charge on any atom is 0.410 e. The van der Waals surface area contributed by atoms with Gasteiger partial charge in [0.05, 0.1) is 13.1 Å². The Morgan fingerprint density at radius 1 is 1.35 bits per heavy atom. The molecule has 9 nitrogen and oxygen atoms in total. The Balaban J connectivity index is 2.02. The molecule has 0 atom stereocenters. The quantitative estimate of drug-likeness (QED) is 0.786. The third-order valence-electron chi connectivity index (χ3n) is 3.34. The highest BCUT2D eigenvalue weighted by molar-refractivity contribution is 5.99. The number of nitrogens with one attached hydrogen (secondary N) is 1. The molecule has 0 unspecified atom stereocenters. The first-order valence-corrected chi connectivity index (χ1v) is 7.12. The fraction of sp³-hybridized carbons (Fsp3) is 0.571. The molecule has 1 aliphatic rings. The Bertz CT molecular complexity index is 640. The van der Waals surface area contributed by atoms with E-state index in [0.29, 0.717) is 0 Å². The predicted octanol–water partition coefficient (Wildman–Crippen LogP) is -0.375. The number of aryl methyl sites for hydroxylation is 1. The van der Waals surface area contributed by atoms with E-state index in [9.17, 15) is 14.4 Å². The van der Waals surface area contributed by atoms with Crippen molar-refractivity contribution in [1.29, 1.82) is 0 Å². The average molecular weight is 323 g/mol. The van der Waals surface area contributed by atoms with Crippen molar-refractivity contribution in [3.8, 4) is 0 Å². The summed E-state index contributed by atoms with van der Waals surface area (Å²) in [5.74, 6) is -1.23. The second kappa shape index (κ2) is 5.56.